The lowest BCUT2D eigenvalue weighted by Gasteiger charge is -2.32. The molecular weight excluding hydrogens is 304 g/mol. The number of rotatable bonds is 7. The second kappa shape index (κ2) is 8.31. The lowest BCUT2D eigenvalue weighted by molar-refractivity contribution is -0.134. The van der Waals surface area contributed by atoms with Crippen LogP contribution in [0, 0.1) is 0 Å². The molecule has 5 heteroatoms. The normalized spacial score (nSPS) is 16.0. The predicted octanol–water partition coefficient (Wildman–Crippen LogP) is 2.69. The van der Waals surface area contributed by atoms with Gasteiger partial charge in [-0.3, -0.25) is 4.79 Å². The Morgan fingerprint density at radius 2 is 1.96 bits per heavy atom. The van der Waals surface area contributed by atoms with Crippen molar-refractivity contribution in [2.75, 3.05) is 33.4 Å². The first-order valence-corrected chi connectivity index (χ1v) is 8.70. The molecule has 0 bridgehead atoms. The molecule has 1 amide bonds. The predicted molar refractivity (Wildman–Crippen MR) is 94.0 cm³/mol. The van der Waals surface area contributed by atoms with Crippen molar-refractivity contribution in [2.45, 2.75) is 31.9 Å². The average molecular weight is 330 g/mol. The first kappa shape index (κ1) is 17.0. The van der Waals surface area contributed by atoms with Crippen LogP contribution in [0.1, 0.15) is 19.3 Å². The van der Waals surface area contributed by atoms with Gasteiger partial charge in [0.15, 0.2) is 0 Å². The van der Waals surface area contributed by atoms with Gasteiger partial charge in [0.25, 0.3) is 0 Å². The summed E-state index contributed by atoms with van der Waals surface area (Å²) in [7, 11) is 1.68. The van der Waals surface area contributed by atoms with Gasteiger partial charge in [0.1, 0.15) is 0 Å². The van der Waals surface area contributed by atoms with Gasteiger partial charge in [-0.05, 0) is 30.4 Å². The molecule has 1 aliphatic rings. The topological polar surface area (TPSA) is 43.7 Å². The third kappa shape index (κ3) is 4.16. The van der Waals surface area contributed by atoms with Gasteiger partial charge in [0, 0.05) is 44.9 Å². The van der Waals surface area contributed by atoms with E-state index < -0.39 is 0 Å². The van der Waals surface area contributed by atoms with Gasteiger partial charge < -0.3 is 18.9 Å². The number of methoxy groups -OCH3 is 1. The van der Waals surface area contributed by atoms with Gasteiger partial charge in [0.05, 0.1) is 19.3 Å². The molecule has 0 saturated carbocycles. The summed E-state index contributed by atoms with van der Waals surface area (Å²) in [4.78, 5) is 14.4. The number of piperidine rings is 1. The number of para-hydroxylation sites is 1. The van der Waals surface area contributed by atoms with E-state index in [0.717, 1.165) is 32.5 Å². The quantitative estimate of drug-likeness (QED) is 0.733. The van der Waals surface area contributed by atoms with Crippen LogP contribution in [-0.2, 0) is 20.8 Å². The summed E-state index contributed by atoms with van der Waals surface area (Å²) in [6, 6.07) is 10.4. The summed E-state index contributed by atoms with van der Waals surface area (Å²) in [5.41, 5.74) is 1.19. The molecule has 1 saturated heterocycles. The molecule has 0 radical (unpaired) electrons. The van der Waals surface area contributed by atoms with Gasteiger partial charge in [-0.2, -0.15) is 0 Å². The molecule has 1 aromatic heterocycles. The van der Waals surface area contributed by atoms with E-state index in [-0.39, 0.29) is 12.0 Å². The lowest BCUT2D eigenvalue weighted by atomic mass is 10.1. The third-order valence-corrected chi connectivity index (χ3v) is 4.68. The number of amides is 1. The zero-order valence-electron chi connectivity index (χ0n) is 14.3. The molecule has 2 heterocycles. The molecule has 3 rings (SSSR count). The minimum atomic E-state index is 0.239. The summed E-state index contributed by atoms with van der Waals surface area (Å²) < 4.78 is 12.9. The molecule has 0 N–H and O–H groups in total. The van der Waals surface area contributed by atoms with E-state index in [1.165, 1.54) is 10.9 Å². The summed E-state index contributed by atoms with van der Waals surface area (Å²) in [5, 5.41) is 1.22. The maximum absolute atomic E-state index is 12.4. The number of aromatic nitrogens is 1. The highest BCUT2D eigenvalue weighted by Crippen LogP contribution is 2.17. The second-order valence-electron chi connectivity index (χ2n) is 6.26. The number of carbonyl (C=O) groups is 1. The molecule has 0 atom stereocenters. The van der Waals surface area contributed by atoms with E-state index >= 15 is 0 Å². The van der Waals surface area contributed by atoms with E-state index in [2.05, 4.69) is 29.0 Å². The Morgan fingerprint density at radius 3 is 2.75 bits per heavy atom. The fourth-order valence-corrected chi connectivity index (χ4v) is 3.28. The van der Waals surface area contributed by atoms with Crippen LogP contribution >= 0.6 is 0 Å². The Bertz CT molecular complexity index is 659. The molecule has 2 aromatic rings. The first-order valence-electron chi connectivity index (χ1n) is 8.70. The van der Waals surface area contributed by atoms with Crippen molar-refractivity contribution in [1.82, 2.24) is 9.47 Å². The van der Waals surface area contributed by atoms with Crippen LogP contribution in [0.2, 0.25) is 0 Å². The van der Waals surface area contributed by atoms with E-state index in [4.69, 9.17) is 9.47 Å². The van der Waals surface area contributed by atoms with Crippen molar-refractivity contribution in [3.63, 3.8) is 0 Å². The monoisotopic (exact) mass is 330 g/mol. The van der Waals surface area contributed by atoms with Crippen molar-refractivity contribution < 1.29 is 14.3 Å². The van der Waals surface area contributed by atoms with Crippen molar-refractivity contribution in [3.8, 4) is 0 Å². The van der Waals surface area contributed by atoms with Crippen LogP contribution < -0.4 is 0 Å². The fraction of sp³-hybridized carbons (Fsp3) is 0.526. The zero-order chi connectivity index (χ0) is 16.8. The minimum absolute atomic E-state index is 0.239. The Morgan fingerprint density at radius 1 is 1.17 bits per heavy atom. The third-order valence-electron chi connectivity index (χ3n) is 4.68. The molecule has 1 aliphatic heterocycles. The molecule has 130 valence electrons. The Labute approximate surface area is 143 Å². The van der Waals surface area contributed by atoms with Crippen LogP contribution in [0.4, 0.5) is 0 Å². The smallest absolute Gasteiger partial charge is 0.224 e. The van der Waals surface area contributed by atoms with Crippen molar-refractivity contribution >= 4 is 16.8 Å². The molecule has 0 spiro atoms. The van der Waals surface area contributed by atoms with E-state index in [1.54, 1.807) is 7.11 Å². The maximum Gasteiger partial charge on any atom is 0.224 e. The fourth-order valence-electron chi connectivity index (χ4n) is 3.28. The van der Waals surface area contributed by atoms with Crippen LogP contribution in [0.3, 0.4) is 0 Å². The second-order valence-corrected chi connectivity index (χ2v) is 6.26. The summed E-state index contributed by atoms with van der Waals surface area (Å²) in [6.07, 6.45) is 4.71. The number of carbonyl (C=O) groups excluding carboxylic acids is 1. The van der Waals surface area contributed by atoms with Crippen LogP contribution in [0.25, 0.3) is 10.9 Å². The van der Waals surface area contributed by atoms with Crippen molar-refractivity contribution in [1.29, 1.82) is 0 Å². The number of aryl methyl sites for hydroxylation is 1. The van der Waals surface area contributed by atoms with Gasteiger partial charge >= 0.3 is 0 Å². The number of benzene rings is 1. The van der Waals surface area contributed by atoms with Crippen LogP contribution in [-0.4, -0.2) is 54.9 Å². The Balaban J connectivity index is 1.44. The van der Waals surface area contributed by atoms with E-state index in [0.29, 0.717) is 19.6 Å². The van der Waals surface area contributed by atoms with Crippen molar-refractivity contribution in [3.05, 3.63) is 36.5 Å². The minimum Gasteiger partial charge on any atom is -0.382 e. The number of nitrogens with zero attached hydrogens (tertiary/aromatic N) is 2. The van der Waals surface area contributed by atoms with Gasteiger partial charge in [0.2, 0.25) is 5.91 Å². The maximum atomic E-state index is 12.4. The molecule has 0 aliphatic carbocycles. The summed E-state index contributed by atoms with van der Waals surface area (Å²) in [6.45, 7) is 3.59. The number of hydrogen-bond donors (Lipinski definition) is 0. The van der Waals surface area contributed by atoms with Gasteiger partial charge in [-0.25, -0.2) is 0 Å². The highest BCUT2D eigenvalue weighted by atomic mass is 16.5. The first-order chi connectivity index (χ1) is 11.8. The molecule has 0 unspecified atom stereocenters. The van der Waals surface area contributed by atoms with Gasteiger partial charge in [-0.15, -0.1) is 0 Å². The van der Waals surface area contributed by atoms with Crippen molar-refractivity contribution in [2.24, 2.45) is 0 Å². The van der Waals surface area contributed by atoms with Crippen LogP contribution in [0.15, 0.2) is 36.5 Å². The number of likely N-dealkylation sites (tertiary alicyclic amines) is 1. The molecule has 5 nitrogen and oxygen atoms in total. The van der Waals surface area contributed by atoms with E-state index in [9.17, 15) is 4.79 Å². The Hall–Kier alpha value is -1.85. The van der Waals surface area contributed by atoms with Gasteiger partial charge in [-0.1, -0.05) is 18.2 Å². The molecule has 1 aromatic carbocycles. The summed E-state index contributed by atoms with van der Waals surface area (Å²) >= 11 is 0. The zero-order valence-corrected chi connectivity index (χ0v) is 14.3. The van der Waals surface area contributed by atoms with E-state index in [1.807, 2.05) is 17.0 Å². The largest absolute Gasteiger partial charge is 0.382 e. The number of hydrogen-bond acceptors (Lipinski definition) is 3. The highest BCUT2D eigenvalue weighted by Gasteiger charge is 2.22. The molecule has 24 heavy (non-hydrogen) atoms. The average Bonchev–Trinajstić information content (AvgIpc) is 3.04. The highest BCUT2D eigenvalue weighted by molar-refractivity contribution is 5.80. The standard InChI is InChI=1S/C19H26N2O3/c1-23-14-15-24-17-7-11-21(12-8-17)19(22)9-13-20-10-6-16-4-2-3-5-18(16)20/h2-6,10,17H,7-9,11-15H2,1H3. The molecule has 1 fully saturated rings. The number of fused-ring (bicyclic) bond motifs is 1. The summed E-state index contributed by atoms with van der Waals surface area (Å²) in [5.74, 6) is 0.239. The SMILES string of the molecule is COCCOC1CCN(C(=O)CCn2ccc3ccccc32)CC1. The lowest BCUT2D eigenvalue weighted by Crippen LogP contribution is -2.41. The number of ether oxygens (including phenoxy) is 2. The Kier molecular flexibility index (Phi) is 5.88. The van der Waals surface area contributed by atoms with Crippen LogP contribution in [0.5, 0.6) is 0 Å². The molecular formula is C19H26N2O3.